The topological polar surface area (TPSA) is 429 Å². The number of nitrogens with one attached hydrogen (secondary N) is 5. The summed E-state index contributed by atoms with van der Waals surface area (Å²) in [5.41, 5.74) is 4.33. The molecule has 39 nitrogen and oxygen atoms in total. The number of hydrogen-bond donors (Lipinski definition) is 5. The van der Waals surface area contributed by atoms with Gasteiger partial charge in [0.05, 0.1) is 80.9 Å². The van der Waals surface area contributed by atoms with Crippen molar-refractivity contribution in [3.8, 4) is 11.1 Å². The zero-order valence-corrected chi connectivity index (χ0v) is 73.6. The molecule has 0 radical (unpaired) electrons. The van der Waals surface area contributed by atoms with Gasteiger partial charge in [0, 0.05) is 133 Å². The van der Waals surface area contributed by atoms with Crippen molar-refractivity contribution >= 4 is 64.1 Å². The average Bonchev–Trinajstić information content (AvgIpc) is 0.966. The lowest BCUT2D eigenvalue weighted by Gasteiger charge is -2.51. The second kappa shape index (κ2) is 49.1. The van der Waals surface area contributed by atoms with Crippen molar-refractivity contribution < 1.29 is 161 Å². The van der Waals surface area contributed by atoms with Crippen LogP contribution in [0.15, 0.2) is 48.5 Å². The lowest BCUT2D eigenvalue weighted by molar-refractivity contribution is -0.374. The van der Waals surface area contributed by atoms with Crippen LogP contribution in [0.1, 0.15) is 50.7 Å². The summed E-state index contributed by atoms with van der Waals surface area (Å²) in [6, 6.07) is 14.5. The van der Waals surface area contributed by atoms with E-state index >= 15 is 0 Å². The highest BCUT2D eigenvalue weighted by Gasteiger charge is 2.59. The van der Waals surface area contributed by atoms with Gasteiger partial charge in [0.15, 0.2) is 42.7 Å². The molecule has 6 heterocycles. The van der Waals surface area contributed by atoms with Gasteiger partial charge in [0.25, 0.3) is 0 Å². The Balaban J connectivity index is 0.748. The molecule has 2 aromatic rings. The van der Waals surface area contributed by atoms with Crippen LogP contribution in [0.25, 0.3) is 11.1 Å². The number of fused-ring (bicyclic) bond motifs is 3. The quantitative estimate of drug-likeness (QED) is 0.0551. The molecular weight excluding hydrogens is 1640 g/mol. The molecule has 30 atom stereocenters. The molecule has 6 fully saturated rings. The molecule has 1 aliphatic carbocycles. The van der Waals surface area contributed by atoms with Gasteiger partial charge in [-0.15, -0.1) is 11.8 Å². The highest BCUT2D eigenvalue weighted by atomic mass is 32.2. The Hall–Kier alpha value is -5.41. The molecule has 6 saturated heterocycles. The van der Waals surface area contributed by atoms with E-state index in [2.05, 4.69) is 38.7 Å². The van der Waals surface area contributed by atoms with E-state index in [9.17, 15) is 33.6 Å². The summed E-state index contributed by atoms with van der Waals surface area (Å²) in [5, 5.41) is 13.9. The van der Waals surface area contributed by atoms with Crippen LogP contribution in [0, 0.1) is 0 Å². The van der Waals surface area contributed by atoms with Crippen molar-refractivity contribution in [1.82, 2.24) is 26.6 Å². The van der Waals surface area contributed by atoms with Gasteiger partial charge < -0.3 is 154 Å². The molecule has 121 heavy (non-hydrogen) atoms. The van der Waals surface area contributed by atoms with Crippen LogP contribution in [0.3, 0.4) is 0 Å². The lowest BCUT2D eigenvalue weighted by atomic mass is 9.94. The zero-order chi connectivity index (χ0) is 87.7. The first-order valence-corrected chi connectivity index (χ1v) is 41.9. The summed E-state index contributed by atoms with van der Waals surface area (Å²) in [6.07, 6.45) is -28.0. The van der Waals surface area contributed by atoms with E-state index in [1.165, 1.54) is 121 Å². The Morgan fingerprint density at radius 1 is 0.347 bits per heavy atom. The predicted molar refractivity (Wildman–Crippen MR) is 427 cm³/mol. The number of ether oxygens (including phenoxy) is 27. The maximum Gasteiger partial charge on any atom is 0.306 e. The van der Waals surface area contributed by atoms with E-state index in [1.807, 2.05) is 36.4 Å². The summed E-state index contributed by atoms with van der Waals surface area (Å²) >= 11 is 1.86. The van der Waals surface area contributed by atoms with Gasteiger partial charge in [0.2, 0.25) is 29.5 Å². The third-order valence-electron chi connectivity index (χ3n) is 22.3. The number of carbonyl (C=O) groups excluding carboxylic acids is 7. The van der Waals surface area contributed by atoms with E-state index in [1.54, 1.807) is 13.8 Å². The smallest absolute Gasteiger partial charge is 0.306 e. The molecule has 0 aromatic heterocycles. The van der Waals surface area contributed by atoms with Crippen LogP contribution in [-0.4, -0.2) is 395 Å². The summed E-state index contributed by atoms with van der Waals surface area (Å²) in [4.78, 5) is 92.3. The minimum atomic E-state index is -1.22. The highest BCUT2D eigenvalue weighted by Crippen LogP contribution is 2.45. The van der Waals surface area contributed by atoms with E-state index in [4.69, 9.17) is 128 Å². The molecular formula is C80H123N5O34S2. The molecule has 41 heteroatoms. The molecule has 5 amide bonds. The molecule has 6 aliphatic heterocycles. The second-order valence-corrected chi connectivity index (χ2v) is 31.7. The summed E-state index contributed by atoms with van der Waals surface area (Å²) in [7, 11) is 23.3. The van der Waals surface area contributed by atoms with Crippen LogP contribution < -0.4 is 26.6 Å². The summed E-state index contributed by atoms with van der Waals surface area (Å²) in [5.74, 6) is -3.80. The van der Waals surface area contributed by atoms with Gasteiger partial charge >= 0.3 is 5.97 Å². The van der Waals surface area contributed by atoms with Gasteiger partial charge in [-0.3, -0.25) is 33.6 Å². The average molecular weight is 1760 g/mol. The fourth-order valence-electron chi connectivity index (χ4n) is 16.7. The molecule has 0 bridgehead atoms. The first kappa shape index (κ1) is 99.4. The molecule has 7 aliphatic rings. The number of esters is 1. The maximum absolute atomic E-state index is 13.8. The molecule has 0 spiro atoms. The standard InChI is InChI=1S/C80H123N5O34S2/c1-39-57(82-54(90)37-120-36-53(89)81-30-52(88)85-76-70(104-15)66(100-11)60(48(113-76)33-94-5)119-80-74(108-19)68(102-13)62(50(115-80)35-96-7)117-78-72(106-17)64(98-9)58(40(2)111-78)83-55(91)38-121-41(3)86)63(97-8)71(105-16)77(110-39)116-61-49(34-95-6)114-79(73(107-18)67(61)101-12)118-59-47(32-93-4)112-75(69(103-14)65(59)99-10)84-51(87)28-29-56(92)109-31-46-44-26-22-20-24-42(44)43-25-21-23-27-45(43)46/h20-27,39-40,46-50,57-80H,28-38H2,1-19H3,(H,81,89)(H,82,90)(H,83,91)(H,84,87)(H,85,88)/t39?,40?,47?,48?,49?,50?,57-,58-,59?,60?,61?,62?,63?,64?,65?,66?,67?,68?,69?,70?,71?,72?,73?,74?,75?,76?,77?,78?,79?,80?/m1/s1. The third kappa shape index (κ3) is 24.7. The number of rotatable bonds is 45. The van der Waals surface area contributed by atoms with Crippen LogP contribution in [0.2, 0.25) is 0 Å². The second-order valence-electron chi connectivity index (χ2n) is 29.6. The van der Waals surface area contributed by atoms with Crippen LogP contribution in [0.4, 0.5) is 0 Å². The third-order valence-corrected chi connectivity index (χ3v) is 24.1. The van der Waals surface area contributed by atoms with E-state index in [0.29, 0.717) is 0 Å². The Kier molecular flexibility index (Phi) is 40.3. The number of amides is 5. The molecule has 9 rings (SSSR count). The molecule has 28 unspecified atom stereocenters. The number of methoxy groups -OCH3 is 16. The fraction of sp³-hybridized carbons (Fsp3) is 0.762. The van der Waals surface area contributed by atoms with E-state index < -0.39 is 226 Å². The predicted octanol–water partition coefficient (Wildman–Crippen LogP) is 0.149. The number of thioether (sulfide) groups is 2. The monoisotopic (exact) mass is 1760 g/mol. The van der Waals surface area contributed by atoms with Gasteiger partial charge in [0.1, 0.15) is 129 Å². The van der Waals surface area contributed by atoms with Crippen LogP contribution in [-0.2, 0) is 161 Å². The van der Waals surface area contributed by atoms with E-state index in [-0.39, 0.29) is 74.2 Å². The van der Waals surface area contributed by atoms with Crippen molar-refractivity contribution in [3.63, 3.8) is 0 Å². The summed E-state index contributed by atoms with van der Waals surface area (Å²) in [6.45, 7) is 4.24. The van der Waals surface area contributed by atoms with Gasteiger partial charge in [-0.25, -0.2) is 0 Å². The first-order chi connectivity index (χ1) is 58.4. The minimum absolute atomic E-state index is 0.0402. The lowest BCUT2D eigenvalue weighted by Crippen LogP contribution is -2.69. The molecule has 5 N–H and O–H groups in total. The Morgan fingerprint density at radius 2 is 0.686 bits per heavy atom. The van der Waals surface area contributed by atoms with Crippen LogP contribution in [0.5, 0.6) is 0 Å². The zero-order valence-electron chi connectivity index (χ0n) is 72.0. The van der Waals surface area contributed by atoms with Crippen molar-refractivity contribution in [1.29, 1.82) is 0 Å². The van der Waals surface area contributed by atoms with Crippen molar-refractivity contribution in [3.05, 3.63) is 59.7 Å². The molecule has 2 aromatic carbocycles. The van der Waals surface area contributed by atoms with Crippen molar-refractivity contribution in [2.24, 2.45) is 0 Å². The Morgan fingerprint density at radius 3 is 1.07 bits per heavy atom. The highest BCUT2D eigenvalue weighted by molar-refractivity contribution is 8.14. The van der Waals surface area contributed by atoms with Gasteiger partial charge in [-0.1, -0.05) is 60.3 Å². The molecule has 0 saturated carbocycles. The number of carbonyl (C=O) groups is 7. The van der Waals surface area contributed by atoms with E-state index in [0.717, 1.165) is 45.8 Å². The minimum Gasteiger partial charge on any atom is -0.465 e. The fourth-order valence-corrected chi connectivity index (χ4v) is 17.8. The normalized spacial score (nSPS) is 34.8. The Labute approximate surface area is 713 Å². The molecule has 684 valence electrons. The summed E-state index contributed by atoms with van der Waals surface area (Å²) < 4.78 is 167. The van der Waals surface area contributed by atoms with Gasteiger partial charge in [-0.05, 0) is 36.1 Å². The van der Waals surface area contributed by atoms with Gasteiger partial charge in [-0.2, -0.15) is 0 Å². The SMILES string of the molecule is COCC1OC(NC(=O)CCC(=O)OCC2c3ccccc3-c3ccccc32)C(OC)C(OC)C1OC1OC(COC)C(OC2OC(C)[C@@H](NC(=O)CSCC(=O)NCC(=O)NC3OC(COC)C(OC4OC(COC)C(OC5OC(C)[C@@H](NC(=O)CSC(C)=O)C(OC)C5OC)C(OC)C4OC)C(OC)C3OC)C(OC)C2OC)C(OC)C1OC. The van der Waals surface area contributed by atoms with Crippen molar-refractivity contribution in [2.75, 3.05) is 171 Å². The largest absolute Gasteiger partial charge is 0.465 e. The first-order valence-electron chi connectivity index (χ1n) is 39.8. The van der Waals surface area contributed by atoms with Crippen molar-refractivity contribution in [2.45, 2.75) is 224 Å². The maximum atomic E-state index is 13.8. The number of hydrogen-bond acceptors (Lipinski definition) is 36. The Bertz CT molecular complexity index is 3530. The number of benzene rings is 2. The van der Waals surface area contributed by atoms with Crippen LogP contribution >= 0.6 is 23.5 Å².